The van der Waals surface area contributed by atoms with Crippen molar-refractivity contribution in [3.63, 3.8) is 0 Å². The van der Waals surface area contributed by atoms with Crippen molar-refractivity contribution >= 4 is 40.4 Å². The number of hydrogen-bond acceptors (Lipinski definition) is 7. The minimum Gasteiger partial charge on any atom is -0.482 e. The zero-order valence-corrected chi connectivity index (χ0v) is 16.0. The number of fused-ring (bicyclic) bond motifs is 1. The SMILES string of the molecule is Nc1ccncc1C(=O)Nc1ccc2c(c1)NC(=O)CO2.O=C(C(=O)C(F)(F)F)C(F)(F)F. The smallest absolute Gasteiger partial charge is 0.458 e. The van der Waals surface area contributed by atoms with Crippen LogP contribution in [-0.4, -0.2) is 47.3 Å². The predicted molar refractivity (Wildman–Crippen MR) is 99.3 cm³/mol. The van der Waals surface area contributed by atoms with Crippen molar-refractivity contribution in [1.29, 1.82) is 0 Å². The van der Waals surface area contributed by atoms with Crippen LogP contribution in [0.1, 0.15) is 10.4 Å². The van der Waals surface area contributed by atoms with Crippen LogP contribution in [0.4, 0.5) is 43.4 Å². The number of benzene rings is 1. The number of carbonyl (C=O) groups is 4. The topological polar surface area (TPSA) is 140 Å². The first-order valence-electron chi connectivity index (χ1n) is 8.50. The standard InChI is InChI=1S/C14H12N4O3.C4F6O2/c15-10-3-4-16-6-9(10)14(20)17-8-1-2-12-11(5-8)18-13(19)7-21-12;5-3(6,7)1(11)2(12)4(8,9)10/h1-6H,7H2,(H2,15,16)(H,17,20)(H,18,19);. The van der Waals surface area contributed by atoms with Crippen LogP contribution in [0.2, 0.25) is 0 Å². The summed E-state index contributed by atoms with van der Waals surface area (Å²) in [4.78, 5) is 46.5. The van der Waals surface area contributed by atoms with Crippen LogP contribution in [0, 0.1) is 0 Å². The summed E-state index contributed by atoms with van der Waals surface area (Å²) in [5.41, 5.74) is 7.40. The molecule has 1 aliphatic heterocycles. The number of nitrogens with two attached hydrogens (primary N) is 1. The average molecular weight is 478 g/mol. The molecule has 0 unspecified atom stereocenters. The van der Waals surface area contributed by atoms with Gasteiger partial charge in [0.25, 0.3) is 11.8 Å². The normalized spacial score (nSPS) is 12.8. The van der Waals surface area contributed by atoms with Crippen LogP contribution in [0.15, 0.2) is 36.7 Å². The number of amides is 2. The van der Waals surface area contributed by atoms with Crippen molar-refractivity contribution in [2.75, 3.05) is 23.0 Å². The van der Waals surface area contributed by atoms with Crippen LogP contribution >= 0.6 is 0 Å². The second-order valence-electron chi connectivity index (χ2n) is 6.12. The Bertz CT molecular complexity index is 1080. The van der Waals surface area contributed by atoms with Gasteiger partial charge in [0.1, 0.15) is 5.75 Å². The lowest BCUT2D eigenvalue weighted by Gasteiger charge is -2.18. The summed E-state index contributed by atoms with van der Waals surface area (Å²) in [6, 6.07) is 6.53. The lowest BCUT2D eigenvalue weighted by Crippen LogP contribution is -2.39. The van der Waals surface area contributed by atoms with Gasteiger partial charge in [-0.3, -0.25) is 24.2 Å². The van der Waals surface area contributed by atoms with E-state index in [2.05, 4.69) is 15.6 Å². The maximum atomic E-state index is 12.1. The third-order valence-electron chi connectivity index (χ3n) is 3.69. The van der Waals surface area contributed by atoms with E-state index < -0.39 is 23.9 Å². The van der Waals surface area contributed by atoms with Crippen LogP contribution in [0.3, 0.4) is 0 Å². The summed E-state index contributed by atoms with van der Waals surface area (Å²) in [6.45, 7) is -0.00900. The van der Waals surface area contributed by atoms with Gasteiger partial charge in [0.05, 0.1) is 11.3 Å². The van der Waals surface area contributed by atoms with E-state index >= 15 is 0 Å². The second-order valence-corrected chi connectivity index (χ2v) is 6.12. The number of ether oxygens (including phenoxy) is 1. The van der Waals surface area contributed by atoms with E-state index in [9.17, 15) is 45.5 Å². The molecule has 0 saturated heterocycles. The van der Waals surface area contributed by atoms with Crippen molar-refractivity contribution in [1.82, 2.24) is 4.98 Å². The van der Waals surface area contributed by atoms with E-state index in [1.165, 1.54) is 12.4 Å². The van der Waals surface area contributed by atoms with E-state index in [0.29, 0.717) is 22.8 Å². The highest BCUT2D eigenvalue weighted by Crippen LogP contribution is 2.30. The molecule has 1 aromatic heterocycles. The first-order chi connectivity index (χ1) is 15.2. The number of aromatic nitrogens is 1. The molecule has 4 N–H and O–H groups in total. The van der Waals surface area contributed by atoms with Gasteiger partial charge in [-0.05, 0) is 24.3 Å². The van der Waals surface area contributed by atoms with Crippen LogP contribution in [-0.2, 0) is 14.4 Å². The van der Waals surface area contributed by atoms with E-state index in [1.807, 2.05) is 0 Å². The molecule has 2 aromatic rings. The minimum absolute atomic E-state index is 0.00900. The number of hydrogen-bond donors (Lipinski definition) is 3. The number of pyridine rings is 1. The lowest BCUT2D eigenvalue weighted by atomic mass is 10.2. The molecule has 9 nitrogen and oxygen atoms in total. The fourth-order valence-corrected chi connectivity index (χ4v) is 2.21. The Morgan fingerprint density at radius 3 is 2.18 bits per heavy atom. The van der Waals surface area contributed by atoms with Crippen LogP contribution < -0.4 is 21.1 Å². The number of nitrogens with zero attached hydrogens (tertiary/aromatic N) is 1. The highest BCUT2D eigenvalue weighted by molar-refractivity contribution is 6.41. The monoisotopic (exact) mass is 478 g/mol. The average Bonchev–Trinajstić information content (AvgIpc) is 2.71. The molecule has 3 rings (SSSR count). The molecule has 1 aromatic carbocycles. The van der Waals surface area contributed by atoms with Gasteiger partial charge in [0.15, 0.2) is 6.61 Å². The van der Waals surface area contributed by atoms with Gasteiger partial charge in [-0.2, -0.15) is 26.3 Å². The van der Waals surface area contributed by atoms with Crippen molar-refractivity contribution in [3.05, 3.63) is 42.2 Å². The Kier molecular flexibility index (Phi) is 7.25. The van der Waals surface area contributed by atoms with Gasteiger partial charge >= 0.3 is 23.9 Å². The molecular weight excluding hydrogens is 466 g/mol. The van der Waals surface area contributed by atoms with Gasteiger partial charge in [-0.25, -0.2) is 0 Å². The Morgan fingerprint density at radius 2 is 1.64 bits per heavy atom. The first-order valence-corrected chi connectivity index (χ1v) is 8.50. The predicted octanol–water partition coefficient (Wildman–Crippen LogP) is 2.50. The Morgan fingerprint density at radius 1 is 1.03 bits per heavy atom. The third-order valence-corrected chi connectivity index (χ3v) is 3.69. The molecule has 0 saturated carbocycles. The van der Waals surface area contributed by atoms with E-state index in [4.69, 9.17) is 10.5 Å². The highest BCUT2D eigenvalue weighted by atomic mass is 19.4. The van der Waals surface area contributed by atoms with Gasteiger partial charge in [0, 0.05) is 23.8 Å². The number of alkyl halides is 6. The zero-order valence-electron chi connectivity index (χ0n) is 16.0. The van der Waals surface area contributed by atoms with Crippen molar-refractivity contribution in [3.8, 4) is 5.75 Å². The number of carbonyl (C=O) groups excluding carboxylic acids is 4. The summed E-state index contributed by atoms with van der Waals surface area (Å²) in [5, 5.41) is 5.37. The quantitative estimate of drug-likeness (QED) is 0.455. The van der Waals surface area contributed by atoms with Gasteiger partial charge < -0.3 is 21.1 Å². The Labute approximate surface area is 179 Å². The number of anilines is 3. The molecule has 33 heavy (non-hydrogen) atoms. The molecule has 0 fully saturated rings. The molecular formula is C18H12F6N4O5. The van der Waals surface area contributed by atoms with Gasteiger partial charge in [0.2, 0.25) is 0 Å². The lowest BCUT2D eigenvalue weighted by molar-refractivity contribution is -0.193. The maximum Gasteiger partial charge on any atom is 0.458 e. The minimum atomic E-state index is -5.77. The number of rotatable bonds is 3. The summed E-state index contributed by atoms with van der Waals surface area (Å²) in [6.07, 6.45) is -8.63. The van der Waals surface area contributed by atoms with Crippen molar-refractivity contribution in [2.24, 2.45) is 0 Å². The summed E-state index contributed by atoms with van der Waals surface area (Å²) < 4.78 is 72.2. The maximum absolute atomic E-state index is 12.1. The summed E-state index contributed by atoms with van der Waals surface area (Å²) >= 11 is 0. The number of nitrogens with one attached hydrogen (secondary N) is 2. The molecule has 0 bridgehead atoms. The van der Waals surface area contributed by atoms with E-state index in [1.54, 1.807) is 24.3 Å². The number of Topliss-reactive ketones (excluding diaryl/α,β-unsaturated/α-hetero) is 2. The van der Waals surface area contributed by atoms with Crippen LogP contribution in [0.25, 0.3) is 0 Å². The molecule has 1 aliphatic rings. The molecule has 2 heterocycles. The second kappa shape index (κ2) is 9.54. The molecule has 2 amide bonds. The molecule has 15 heteroatoms. The third kappa shape index (κ3) is 6.65. The van der Waals surface area contributed by atoms with Crippen molar-refractivity contribution in [2.45, 2.75) is 12.4 Å². The molecule has 0 aliphatic carbocycles. The fourth-order valence-electron chi connectivity index (χ4n) is 2.21. The van der Waals surface area contributed by atoms with E-state index in [-0.39, 0.29) is 24.0 Å². The Balaban J connectivity index is 0.000000277. The highest BCUT2D eigenvalue weighted by Gasteiger charge is 2.54. The van der Waals surface area contributed by atoms with Gasteiger partial charge in [-0.1, -0.05) is 0 Å². The largest absolute Gasteiger partial charge is 0.482 e. The number of nitrogen functional groups attached to an aromatic ring is 1. The van der Waals surface area contributed by atoms with Crippen LogP contribution in [0.5, 0.6) is 5.75 Å². The number of halogens is 6. The fraction of sp³-hybridized carbons (Fsp3) is 0.167. The molecule has 0 spiro atoms. The van der Waals surface area contributed by atoms with Crippen molar-refractivity contribution < 1.29 is 50.3 Å². The number of ketones is 2. The first kappa shape index (κ1) is 25.1. The molecule has 0 atom stereocenters. The Hall–Kier alpha value is -4.17. The van der Waals surface area contributed by atoms with Gasteiger partial charge in [-0.15, -0.1) is 0 Å². The summed E-state index contributed by atoms with van der Waals surface area (Å²) in [5.74, 6) is -6.86. The van der Waals surface area contributed by atoms with E-state index in [0.717, 1.165) is 0 Å². The molecule has 0 radical (unpaired) electrons. The summed E-state index contributed by atoms with van der Waals surface area (Å²) in [7, 11) is 0. The zero-order chi connectivity index (χ0) is 25.0. The molecule has 176 valence electrons.